The van der Waals surface area contributed by atoms with E-state index in [2.05, 4.69) is 4.74 Å². The van der Waals surface area contributed by atoms with Crippen molar-refractivity contribution in [2.75, 3.05) is 0 Å². The maximum atomic E-state index is 10.8. The maximum absolute atomic E-state index is 10.8. The van der Waals surface area contributed by atoms with E-state index in [0.29, 0.717) is 5.76 Å². The van der Waals surface area contributed by atoms with Crippen LogP contribution in [0.1, 0.15) is 13.8 Å². The number of Topliss-reactive ketones (excluding diaryl/α,β-unsaturated/α-hetero) is 1. The lowest BCUT2D eigenvalue weighted by Gasteiger charge is -1.95. The molecular formula is C7H8O3. The summed E-state index contributed by atoms with van der Waals surface area (Å²) >= 11 is 0. The first-order valence-corrected chi connectivity index (χ1v) is 3.09. The van der Waals surface area contributed by atoms with E-state index in [1.807, 2.05) is 0 Å². The second-order valence-corrected chi connectivity index (χ2v) is 2.17. The number of ether oxygens (including phenoxy) is 1. The van der Waals surface area contributed by atoms with Crippen LogP contribution in [0.25, 0.3) is 0 Å². The molecule has 0 radical (unpaired) electrons. The van der Waals surface area contributed by atoms with E-state index in [4.69, 9.17) is 0 Å². The van der Waals surface area contributed by atoms with Crippen molar-refractivity contribution < 1.29 is 14.3 Å². The van der Waals surface area contributed by atoms with Crippen molar-refractivity contribution in [3.63, 3.8) is 0 Å². The fourth-order valence-electron chi connectivity index (χ4n) is 0.861. The SMILES string of the molecule is C/C=C1/OC(=O)C(=O)C1C. The highest BCUT2D eigenvalue weighted by Gasteiger charge is 2.35. The van der Waals surface area contributed by atoms with Crippen molar-refractivity contribution in [2.24, 2.45) is 5.92 Å². The monoisotopic (exact) mass is 140 g/mol. The van der Waals surface area contributed by atoms with Crippen LogP contribution in [-0.2, 0) is 14.3 Å². The molecule has 0 aromatic carbocycles. The molecule has 0 N–H and O–H groups in total. The van der Waals surface area contributed by atoms with Crippen molar-refractivity contribution >= 4 is 11.8 Å². The first-order chi connectivity index (χ1) is 4.66. The molecule has 10 heavy (non-hydrogen) atoms. The van der Waals surface area contributed by atoms with Gasteiger partial charge in [0.15, 0.2) is 0 Å². The lowest BCUT2D eigenvalue weighted by molar-refractivity contribution is -0.146. The second kappa shape index (κ2) is 2.25. The Morgan fingerprint density at radius 3 is 2.30 bits per heavy atom. The van der Waals surface area contributed by atoms with E-state index < -0.39 is 11.8 Å². The summed E-state index contributed by atoms with van der Waals surface area (Å²) in [6.07, 6.45) is 1.63. The topological polar surface area (TPSA) is 43.4 Å². The number of esters is 1. The van der Waals surface area contributed by atoms with Gasteiger partial charge in [-0.1, -0.05) is 0 Å². The molecule has 0 spiro atoms. The van der Waals surface area contributed by atoms with Gasteiger partial charge in [0.05, 0.1) is 5.92 Å². The number of carbonyl (C=O) groups excluding carboxylic acids is 2. The van der Waals surface area contributed by atoms with E-state index in [0.717, 1.165) is 0 Å². The Hall–Kier alpha value is -1.12. The molecule has 54 valence electrons. The fourth-order valence-corrected chi connectivity index (χ4v) is 0.861. The molecule has 0 saturated carbocycles. The summed E-state index contributed by atoms with van der Waals surface area (Å²) in [4.78, 5) is 21.3. The highest BCUT2D eigenvalue weighted by Crippen LogP contribution is 2.21. The van der Waals surface area contributed by atoms with Crippen LogP contribution in [0.2, 0.25) is 0 Å². The molecule has 0 aromatic heterocycles. The van der Waals surface area contributed by atoms with Gasteiger partial charge in [0.1, 0.15) is 5.76 Å². The number of hydrogen-bond acceptors (Lipinski definition) is 3. The molecule has 3 nitrogen and oxygen atoms in total. The van der Waals surface area contributed by atoms with Gasteiger partial charge in [-0.25, -0.2) is 4.79 Å². The van der Waals surface area contributed by atoms with Crippen LogP contribution in [0.4, 0.5) is 0 Å². The number of cyclic esters (lactones) is 1. The van der Waals surface area contributed by atoms with Crippen molar-refractivity contribution in [1.82, 2.24) is 0 Å². The summed E-state index contributed by atoms with van der Waals surface area (Å²) in [5, 5.41) is 0. The lowest BCUT2D eigenvalue weighted by atomic mass is 10.1. The number of hydrogen-bond donors (Lipinski definition) is 0. The number of carbonyl (C=O) groups is 2. The van der Waals surface area contributed by atoms with E-state index in [9.17, 15) is 9.59 Å². The van der Waals surface area contributed by atoms with Crippen molar-refractivity contribution in [2.45, 2.75) is 13.8 Å². The molecule has 1 saturated heterocycles. The minimum Gasteiger partial charge on any atom is -0.425 e. The molecule has 1 aliphatic heterocycles. The fraction of sp³-hybridized carbons (Fsp3) is 0.429. The zero-order valence-electron chi connectivity index (χ0n) is 5.88. The summed E-state index contributed by atoms with van der Waals surface area (Å²) in [5.74, 6) is -1.10. The summed E-state index contributed by atoms with van der Waals surface area (Å²) < 4.78 is 4.61. The number of rotatable bonds is 0. The highest BCUT2D eigenvalue weighted by atomic mass is 16.6. The van der Waals surface area contributed by atoms with Crippen LogP contribution < -0.4 is 0 Å². The Morgan fingerprint density at radius 1 is 1.50 bits per heavy atom. The van der Waals surface area contributed by atoms with E-state index in [1.54, 1.807) is 19.9 Å². The Morgan fingerprint density at radius 2 is 2.10 bits per heavy atom. The van der Waals surface area contributed by atoms with Gasteiger partial charge < -0.3 is 4.74 Å². The standard InChI is InChI=1S/C7H8O3/c1-3-5-4(2)6(8)7(9)10-5/h3-4H,1-2H3/b5-3+. The molecular weight excluding hydrogens is 132 g/mol. The highest BCUT2D eigenvalue weighted by molar-refractivity contribution is 6.37. The Labute approximate surface area is 58.7 Å². The molecule has 0 aromatic rings. The molecule has 0 bridgehead atoms. The molecule has 1 heterocycles. The van der Waals surface area contributed by atoms with Crippen LogP contribution in [0.3, 0.4) is 0 Å². The Bertz CT molecular complexity index is 215. The minimum absolute atomic E-state index is 0.377. The van der Waals surface area contributed by atoms with E-state index >= 15 is 0 Å². The van der Waals surface area contributed by atoms with Gasteiger partial charge in [-0.3, -0.25) is 4.79 Å². The molecule has 1 unspecified atom stereocenters. The van der Waals surface area contributed by atoms with E-state index in [1.165, 1.54) is 0 Å². The summed E-state index contributed by atoms with van der Waals surface area (Å²) in [7, 11) is 0. The van der Waals surface area contributed by atoms with Crippen LogP contribution in [0.5, 0.6) is 0 Å². The molecule has 1 atom stereocenters. The van der Waals surface area contributed by atoms with Crippen LogP contribution in [0.15, 0.2) is 11.8 Å². The first-order valence-electron chi connectivity index (χ1n) is 3.09. The normalized spacial score (nSPS) is 29.4. The maximum Gasteiger partial charge on any atom is 0.380 e. The van der Waals surface area contributed by atoms with Crippen LogP contribution in [-0.4, -0.2) is 11.8 Å². The zero-order chi connectivity index (χ0) is 7.72. The Kier molecular flexibility index (Phi) is 1.57. The Balaban J connectivity index is 2.92. The molecule has 0 amide bonds. The van der Waals surface area contributed by atoms with E-state index in [-0.39, 0.29) is 5.92 Å². The van der Waals surface area contributed by atoms with Crippen LogP contribution in [0, 0.1) is 5.92 Å². The van der Waals surface area contributed by atoms with Gasteiger partial charge >= 0.3 is 5.97 Å². The second-order valence-electron chi connectivity index (χ2n) is 2.17. The summed E-state index contributed by atoms with van der Waals surface area (Å²) in [5.41, 5.74) is 0. The van der Waals surface area contributed by atoms with Crippen LogP contribution >= 0.6 is 0 Å². The minimum atomic E-state index is -0.736. The summed E-state index contributed by atoms with van der Waals surface area (Å²) in [6, 6.07) is 0. The first kappa shape index (κ1) is 6.99. The van der Waals surface area contributed by atoms with Crippen molar-refractivity contribution in [3.05, 3.63) is 11.8 Å². The molecule has 0 aliphatic carbocycles. The third-order valence-corrected chi connectivity index (χ3v) is 1.52. The average molecular weight is 140 g/mol. The largest absolute Gasteiger partial charge is 0.425 e. The number of ketones is 1. The van der Waals surface area contributed by atoms with Gasteiger partial charge in [0.25, 0.3) is 5.78 Å². The third kappa shape index (κ3) is 0.835. The van der Waals surface area contributed by atoms with Gasteiger partial charge in [-0.2, -0.15) is 0 Å². The van der Waals surface area contributed by atoms with Gasteiger partial charge in [0.2, 0.25) is 0 Å². The predicted molar refractivity (Wildman–Crippen MR) is 34.0 cm³/mol. The molecule has 1 fully saturated rings. The smallest absolute Gasteiger partial charge is 0.380 e. The van der Waals surface area contributed by atoms with Crippen molar-refractivity contribution in [1.29, 1.82) is 0 Å². The molecule has 1 aliphatic rings. The van der Waals surface area contributed by atoms with Crippen molar-refractivity contribution in [3.8, 4) is 0 Å². The molecule has 3 heteroatoms. The number of allylic oxidation sites excluding steroid dienone is 2. The van der Waals surface area contributed by atoms with Gasteiger partial charge in [-0.05, 0) is 19.9 Å². The van der Waals surface area contributed by atoms with Gasteiger partial charge in [-0.15, -0.1) is 0 Å². The third-order valence-electron chi connectivity index (χ3n) is 1.52. The molecule has 1 rings (SSSR count). The average Bonchev–Trinajstić information content (AvgIpc) is 2.17. The quantitative estimate of drug-likeness (QED) is 0.366. The summed E-state index contributed by atoms with van der Waals surface area (Å²) in [6.45, 7) is 3.39. The lowest BCUT2D eigenvalue weighted by Crippen LogP contribution is -2.10. The van der Waals surface area contributed by atoms with Gasteiger partial charge in [0, 0.05) is 0 Å². The predicted octanol–water partition coefficient (Wildman–Crippen LogP) is 0.652. The zero-order valence-corrected chi connectivity index (χ0v) is 5.88.